The molecule has 0 fully saturated rings. The first-order valence-corrected chi connectivity index (χ1v) is 6.98. The predicted octanol–water partition coefficient (Wildman–Crippen LogP) is 1.57. The van der Waals surface area contributed by atoms with Crippen molar-refractivity contribution in [2.24, 2.45) is 0 Å². The zero-order chi connectivity index (χ0) is 12.5. The summed E-state index contributed by atoms with van der Waals surface area (Å²) in [5.74, 6) is 0. The van der Waals surface area contributed by atoms with Crippen LogP contribution in [0.3, 0.4) is 0 Å². The zero-order valence-corrected chi connectivity index (χ0v) is 10.7. The quantitative estimate of drug-likeness (QED) is 0.836. The Kier molecular flexibility index (Phi) is 3.18. The normalized spacial score (nSPS) is 11.4. The number of hydrogen-bond acceptors (Lipinski definition) is 6. The molecular weight excluding hydrogens is 284 g/mol. The molecule has 1 heterocycles. The molecule has 1 aromatic carbocycles. The lowest BCUT2D eigenvalue weighted by Gasteiger charge is -2.06. The van der Waals surface area contributed by atoms with Crippen LogP contribution in [0, 0.1) is 0 Å². The number of nitrogen functional groups attached to an aromatic ring is 1. The first kappa shape index (κ1) is 12.1. The van der Waals surface area contributed by atoms with Gasteiger partial charge in [-0.2, -0.15) is 0 Å². The second kappa shape index (κ2) is 4.47. The summed E-state index contributed by atoms with van der Waals surface area (Å²) in [7, 11) is -3.68. The second-order valence-electron chi connectivity index (χ2n) is 3.07. The van der Waals surface area contributed by atoms with Crippen LogP contribution in [0.25, 0.3) is 0 Å². The number of nitrogens with zero attached hydrogens (tertiary/aromatic N) is 2. The molecule has 3 N–H and O–H groups in total. The molecule has 1 aromatic heterocycles. The van der Waals surface area contributed by atoms with Crippen molar-refractivity contribution >= 4 is 43.8 Å². The summed E-state index contributed by atoms with van der Waals surface area (Å²) in [6, 6.07) is 4.09. The minimum Gasteiger partial charge on any atom is -0.398 e. The lowest BCUT2D eigenvalue weighted by atomic mass is 10.3. The minimum absolute atomic E-state index is 0.0325. The average Bonchev–Trinajstić information content (AvgIpc) is 2.73. The van der Waals surface area contributed by atoms with E-state index in [9.17, 15) is 8.42 Å². The Morgan fingerprint density at radius 2 is 2.18 bits per heavy atom. The summed E-state index contributed by atoms with van der Waals surface area (Å²) in [4.78, 5) is 0.0325. The molecular formula is C8H7ClN4O2S2. The first-order valence-electron chi connectivity index (χ1n) is 4.34. The number of anilines is 2. The summed E-state index contributed by atoms with van der Waals surface area (Å²) in [6.07, 6.45) is 1.32. The Morgan fingerprint density at radius 3 is 2.76 bits per heavy atom. The number of nitrogens with one attached hydrogen (secondary N) is 1. The fourth-order valence-electron chi connectivity index (χ4n) is 1.08. The van der Waals surface area contributed by atoms with Gasteiger partial charge in [0.05, 0.1) is 21.8 Å². The largest absolute Gasteiger partial charge is 0.398 e. The smallest absolute Gasteiger partial charge is 0.262 e. The number of halogens is 1. The monoisotopic (exact) mass is 290 g/mol. The van der Waals surface area contributed by atoms with Gasteiger partial charge in [0.25, 0.3) is 10.0 Å². The number of aromatic nitrogens is 2. The van der Waals surface area contributed by atoms with E-state index < -0.39 is 10.0 Å². The molecule has 2 rings (SSSR count). The molecule has 0 radical (unpaired) electrons. The van der Waals surface area contributed by atoms with Crippen molar-refractivity contribution in [1.82, 2.24) is 9.59 Å². The molecule has 0 atom stereocenters. The van der Waals surface area contributed by atoms with E-state index in [1.807, 2.05) is 0 Å². The van der Waals surface area contributed by atoms with Crippen LogP contribution in [-0.4, -0.2) is 18.0 Å². The number of nitrogens with two attached hydrogens (primary N) is 1. The van der Waals surface area contributed by atoms with E-state index in [1.54, 1.807) is 0 Å². The van der Waals surface area contributed by atoms with Crippen molar-refractivity contribution < 1.29 is 8.42 Å². The Hall–Kier alpha value is -1.38. The molecule has 0 amide bonds. The van der Waals surface area contributed by atoms with Crippen LogP contribution in [0.15, 0.2) is 29.3 Å². The summed E-state index contributed by atoms with van der Waals surface area (Å²) in [5, 5.41) is 4.05. The molecule has 0 aliphatic heterocycles. The first-order chi connectivity index (χ1) is 7.99. The van der Waals surface area contributed by atoms with Gasteiger partial charge in [-0.05, 0) is 18.2 Å². The fraction of sp³-hybridized carbons (Fsp3) is 0. The number of hydrogen-bond donors (Lipinski definition) is 2. The molecule has 0 spiro atoms. The lowest BCUT2D eigenvalue weighted by Crippen LogP contribution is -2.12. The standard InChI is InChI=1S/C8H7ClN4O2S2/c9-6-3-5(1-2-7(6)10)17(14,15)12-8-4-11-13-16-8/h1-4,12H,10H2. The third-order valence-electron chi connectivity index (χ3n) is 1.88. The highest BCUT2D eigenvalue weighted by atomic mass is 35.5. The van der Waals surface area contributed by atoms with Crippen molar-refractivity contribution in [3.05, 3.63) is 29.4 Å². The van der Waals surface area contributed by atoms with E-state index in [2.05, 4.69) is 14.3 Å². The molecule has 0 saturated carbocycles. The molecule has 0 unspecified atom stereocenters. The maximum absolute atomic E-state index is 11.9. The van der Waals surface area contributed by atoms with Crippen molar-refractivity contribution in [2.45, 2.75) is 4.90 Å². The van der Waals surface area contributed by atoms with Crippen LogP contribution in [0.5, 0.6) is 0 Å². The van der Waals surface area contributed by atoms with Gasteiger partial charge in [-0.1, -0.05) is 16.1 Å². The molecule has 17 heavy (non-hydrogen) atoms. The van der Waals surface area contributed by atoms with Gasteiger partial charge in [-0.25, -0.2) is 8.42 Å². The highest BCUT2D eigenvalue weighted by Crippen LogP contribution is 2.24. The predicted molar refractivity (Wildman–Crippen MR) is 66.6 cm³/mol. The number of sulfonamides is 1. The Morgan fingerprint density at radius 1 is 1.41 bits per heavy atom. The third kappa shape index (κ3) is 2.65. The maximum atomic E-state index is 11.9. The van der Waals surface area contributed by atoms with Crippen molar-refractivity contribution in [1.29, 1.82) is 0 Å². The second-order valence-corrected chi connectivity index (χ2v) is 5.95. The zero-order valence-electron chi connectivity index (χ0n) is 8.29. The number of rotatable bonds is 3. The summed E-state index contributed by atoms with van der Waals surface area (Å²) >= 11 is 6.71. The van der Waals surface area contributed by atoms with Gasteiger partial charge in [-0.3, -0.25) is 4.72 Å². The van der Waals surface area contributed by atoms with Gasteiger partial charge in [0.1, 0.15) is 5.00 Å². The number of benzene rings is 1. The van der Waals surface area contributed by atoms with E-state index in [1.165, 1.54) is 24.4 Å². The van der Waals surface area contributed by atoms with Crippen LogP contribution in [0.2, 0.25) is 5.02 Å². The highest BCUT2D eigenvalue weighted by Gasteiger charge is 2.16. The summed E-state index contributed by atoms with van der Waals surface area (Å²) in [6.45, 7) is 0. The fourth-order valence-corrected chi connectivity index (χ4v) is 3.03. The van der Waals surface area contributed by atoms with Crippen LogP contribution in [-0.2, 0) is 10.0 Å². The van der Waals surface area contributed by atoms with E-state index in [-0.39, 0.29) is 9.92 Å². The molecule has 0 aliphatic carbocycles. The average molecular weight is 291 g/mol. The van der Waals surface area contributed by atoms with E-state index in [0.717, 1.165) is 11.5 Å². The SMILES string of the molecule is Nc1ccc(S(=O)(=O)Nc2cnns2)cc1Cl. The van der Waals surface area contributed by atoms with Crippen LogP contribution < -0.4 is 10.5 Å². The molecule has 6 nitrogen and oxygen atoms in total. The molecule has 0 saturated heterocycles. The molecule has 2 aromatic rings. The van der Waals surface area contributed by atoms with Crippen LogP contribution in [0.4, 0.5) is 10.7 Å². The van der Waals surface area contributed by atoms with Gasteiger partial charge in [0, 0.05) is 11.5 Å². The van der Waals surface area contributed by atoms with Crippen molar-refractivity contribution in [3.8, 4) is 0 Å². The Labute approximate surface area is 107 Å². The van der Waals surface area contributed by atoms with Crippen molar-refractivity contribution in [2.75, 3.05) is 10.5 Å². The maximum Gasteiger partial charge on any atom is 0.262 e. The van der Waals surface area contributed by atoms with Gasteiger partial charge in [0.2, 0.25) is 0 Å². The van der Waals surface area contributed by atoms with Gasteiger partial charge < -0.3 is 5.73 Å². The van der Waals surface area contributed by atoms with E-state index in [0.29, 0.717) is 10.7 Å². The van der Waals surface area contributed by atoms with E-state index >= 15 is 0 Å². The minimum atomic E-state index is -3.68. The van der Waals surface area contributed by atoms with Crippen molar-refractivity contribution in [3.63, 3.8) is 0 Å². The lowest BCUT2D eigenvalue weighted by molar-refractivity contribution is 0.601. The Bertz CT molecular complexity index is 627. The molecule has 9 heteroatoms. The van der Waals surface area contributed by atoms with Gasteiger partial charge in [-0.15, -0.1) is 5.10 Å². The van der Waals surface area contributed by atoms with Crippen LogP contribution >= 0.6 is 23.1 Å². The van der Waals surface area contributed by atoms with Gasteiger partial charge >= 0.3 is 0 Å². The summed E-state index contributed by atoms with van der Waals surface area (Å²) < 4.78 is 29.7. The summed E-state index contributed by atoms with van der Waals surface area (Å²) in [5.41, 5.74) is 5.83. The Balaban J connectivity index is 2.35. The molecule has 90 valence electrons. The van der Waals surface area contributed by atoms with E-state index in [4.69, 9.17) is 17.3 Å². The molecule has 0 aliphatic rings. The highest BCUT2D eigenvalue weighted by molar-refractivity contribution is 7.93. The van der Waals surface area contributed by atoms with Gasteiger partial charge in [0.15, 0.2) is 0 Å². The van der Waals surface area contributed by atoms with Crippen LogP contribution in [0.1, 0.15) is 0 Å². The molecule has 0 bridgehead atoms. The third-order valence-corrected chi connectivity index (χ3v) is 4.28. The topological polar surface area (TPSA) is 98.0 Å².